The number of sulfonamides is 1. The molecule has 0 saturated carbocycles. The molecule has 0 aliphatic carbocycles. The molecule has 0 aromatic heterocycles. The molecular formula is C19H19ClFNO4S. The Bertz CT molecular complexity index is 972. The molecular weight excluding hydrogens is 393 g/mol. The molecule has 27 heavy (non-hydrogen) atoms. The van der Waals surface area contributed by atoms with Gasteiger partial charge in [-0.15, -0.1) is 0 Å². The molecule has 0 bridgehead atoms. The first-order chi connectivity index (χ1) is 12.8. The normalized spacial score (nSPS) is 15.5. The third-order valence-electron chi connectivity index (χ3n) is 4.46. The summed E-state index contributed by atoms with van der Waals surface area (Å²) in [7, 11) is -3.68. The van der Waals surface area contributed by atoms with Crippen molar-refractivity contribution < 1.29 is 22.3 Å². The number of aryl methyl sites for hydroxylation is 1. The van der Waals surface area contributed by atoms with Crippen LogP contribution in [0.25, 0.3) is 0 Å². The van der Waals surface area contributed by atoms with Gasteiger partial charge >= 0.3 is 5.97 Å². The van der Waals surface area contributed by atoms with E-state index in [1.165, 1.54) is 28.6 Å². The number of hydrogen-bond acceptors (Lipinski definition) is 4. The predicted octanol–water partition coefficient (Wildman–Crippen LogP) is 4.18. The zero-order valence-corrected chi connectivity index (χ0v) is 16.3. The summed E-state index contributed by atoms with van der Waals surface area (Å²) in [6.07, 6.45) is 2.66. The minimum absolute atomic E-state index is 0.0763. The van der Waals surface area contributed by atoms with Gasteiger partial charge in [-0.25, -0.2) is 17.6 Å². The molecule has 1 aliphatic rings. The van der Waals surface area contributed by atoms with Crippen LogP contribution in [0.4, 0.5) is 4.39 Å². The number of nitrogens with zero attached hydrogens (tertiary/aromatic N) is 1. The molecule has 0 unspecified atom stereocenters. The highest BCUT2D eigenvalue weighted by molar-refractivity contribution is 7.89. The van der Waals surface area contributed by atoms with E-state index in [0.717, 1.165) is 25.3 Å². The van der Waals surface area contributed by atoms with Crippen LogP contribution in [0.3, 0.4) is 0 Å². The number of carbonyl (C=O) groups is 1. The number of rotatable bonds is 4. The van der Waals surface area contributed by atoms with Gasteiger partial charge in [0.15, 0.2) is 0 Å². The van der Waals surface area contributed by atoms with Crippen molar-refractivity contribution in [3.8, 4) is 5.75 Å². The van der Waals surface area contributed by atoms with Crippen LogP contribution in [0.2, 0.25) is 5.02 Å². The van der Waals surface area contributed by atoms with Gasteiger partial charge in [-0.05, 0) is 49.6 Å². The standard InChI is InChI=1S/C19H19ClFNO4S/c1-13-5-6-14(19(23)26-15-7-8-17(21)16(20)12-15)11-18(13)27(24,25)22-9-3-2-4-10-22/h5-8,11-12H,2-4,9-10H2,1H3. The van der Waals surface area contributed by atoms with E-state index in [1.807, 2.05) is 0 Å². The second-order valence-corrected chi connectivity index (χ2v) is 8.72. The molecule has 2 aromatic carbocycles. The van der Waals surface area contributed by atoms with Crippen LogP contribution in [-0.2, 0) is 10.0 Å². The van der Waals surface area contributed by atoms with E-state index in [4.69, 9.17) is 16.3 Å². The number of esters is 1. The Balaban J connectivity index is 1.88. The average molecular weight is 412 g/mol. The zero-order valence-electron chi connectivity index (χ0n) is 14.7. The molecule has 144 valence electrons. The Labute approximate surface area is 162 Å². The lowest BCUT2D eigenvalue weighted by Gasteiger charge is -2.26. The maximum atomic E-state index is 13.2. The lowest BCUT2D eigenvalue weighted by molar-refractivity contribution is 0.0734. The lowest BCUT2D eigenvalue weighted by atomic mass is 10.1. The smallest absolute Gasteiger partial charge is 0.343 e. The SMILES string of the molecule is Cc1ccc(C(=O)Oc2ccc(F)c(Cl)c2)cc1S(=O)(=O)N1CCCCC1. The fourth-order valence-corrected chi connectivity index (χ4v) is 4.89. The van der Waals surface area contributed by atoms with Gasteiger partial charge in [-0.2, -0.15) is 4.31 Å². The highest BCUT2D eigenvalue weighted by atomic mass is 35.5. The van der Waals surface area contributed by atoms with Crippen molar-refractivity contribution in [1.82, 2.24) is 4.31 Å². The summed E-state index contributed by atoms with van der Waals surface area (Å²) in [6, 6.07) is 7.95. The molecule has 0 N–H and O–H groups in total. The number of piperidine rings is 1. The third-order valence-corrected chi connectivity index (χ3v) is 6.79. The highest BCUT2D eigenvalue weighted by Gasteiger charge is 2.28. The van der Waals surface area contributed by atoms with E-state index >= 15 is 0 Å². The molecule has 5 nitrogen and oxygen atoms in total. The van der Waals surface area contributed by atoms with Crippen molar-refractivity contribution in [2.24, 2.45) is 0 Å². The van der Waals surface area contributed by atoms with Crippen molar-refractivity contribution in [3.63, 3.8) is 0 Å². The van der Waals surface area contributed by atoms with Crippen molar-refractivity contribution in [2.45, 2.75) is 31.1 Å². The molecule has 1 saturated heterocycles. The largest absolute Gasteiger partial charge is 0.423 e. The summed E-state index contributed by atoms with van der Waals surface area (Å²) < 4.78 is 45.7. The van der Waals surface area contributed by atoms with E-state index in [1.54, 1.807) is 13.0 Å². The maximum absolute atomic E-state index is 13.2. The summed E-state index contributed by atoms with van der Waals surface area (Å²) in [5, 5.41) is -0.169. The van der Waals surface area contributed by atoms with E-state index < -0.39 is 21.8 Å². The van der Waals surface area contributed by atoms with Crippen LogP contribution in [0, 0.1) is 12.7 Å². The minimum Gasteiger partial charge on any atom is -0.423 e. The van der Waals surface area contributed by atoms with E-state index in [2.05, 4.69) is 0 Å². The third kappa shape index (κ3) is 4.31. The van der Waals surface area contributed by atoms with Crippen molar-refractivity contribution in [2.75, 3.05) is 13.1 Å². The van der Waals surface area contributed by atoms with Crippen LogP contribution >= 0.6 is 11.6 Å². The molecule has 3 rings (SSSR count). The Morgan fingerprint density at radius 2 is 1.81 bits per heavy atom. The van der Waals surface area contributed by atoms with Crippen LogP contribution < -0.4 is 4.74 Å². The number of halogens is 2. The molecule has 1 heterocycles. The fraction of sp³-hybridized carbons (Fsp3) is 0.316. The van der Waals surface area contributed by atoms with Crippen molar-refractivity contribution in [1.29, 1.82) is 0 Å². The molecule has 0 amide bonds. The maximum Gasteiger partial charge on any atom is 0.343 e. The second kappa shape index (κ2) is 7.96. The molecule has 8 heteroatoms. The lowest BCUT2D eigenvalue weighted by Crippen LogP contribution is -2.36. The predicted molar refractivity (Wildman–Crippen MR) is 100 cm³/mol. The monoisotopic (exact) mass is 411 g/mol. The van der Waals surface area contributed by atoms with E-state index in [-0.39, 0.29) is 21.2 Å². The van der Waals surface area contributed by atoms with Gasteiger partial charge < -0.3 is 4.74 Å². The zero-order chi connectivity index (χ0) is 19.6. The van der Waals surface area contributed by atoms with Gasteiger partial charge in [-0.1, -0.05) is 24.1 Å². The van der Waals surface area contributed by atoms with Crippen LogP contribution in [0.5, 0.6) is 5.75 Å². The Kier molecular flexibility index (Phi) is 5.83. The quantitative estimate of drug-likeness (QED) is 0.559. The first-order valence-electron chi connectivity index (χ1n) is 8.57. The molecule has 1 aliphatic heterocycles. The van der Waals surface area contributed by atoms with Gasteiger partial charge in [-0.3, -0.25) is 0 Å². The number of benzene rings is 2. The summed E-state index contributed by atoms with van der Waals surface area (Å²) >= 11 is 5.68. The topological polar surface area (TPSA) is 63.7 Å². The van der Waals surface area contributed by atoms with Crippen molar-refractivity contribution >= 4 is 27.6 Å². The summed E-state index contributed by atoms with van der Waals surface area (Å²) in [4.78, 5) is 12.5. The van der Waals surface area contributed by atoms with Gasteiger partial charge in [0.1, 0.15) is 11.6 Å². The molecule has 0 radical (unpaired) electrons. The van der Waals surface area contributed by atoms with Gasteiger partial charge in [0.05, 0.1) is 15.5 Å². The molecule has 0 atom stereocenters. The van der Waals surface area contributed by atoms with Gasteiger partial charge in [0, 0.05) is 19.2 Å². The summed E-state index contributed by atoms with van der Waals surface area (Å²) in [5.74, 6) is -1.29. The van der Waals surface area contributed by atoms with Crippen LogP contribution in [-0.4, -0.2) is 31.8 Å². The number of carbonyl (C=O) groups excluding carboxylic acids is 1. The van der Waals surface area contributed by atoms with Crippen LogP contribution in [0.15, 0.2) is 41.3 Å². The minimum atomic E-state index is -3.68. The van der Waals surface area contributed by atoms with Gasteiger partial charge in [0.2, 0.25) is 10.0 Å². The molecule has 0 spiro atoms. The van der Waals surface area contributed by atoms with Gasteiger partial charge in [0.25, 0.3) is 0 Å². The highest BCUT2D eigenvalue weighted by Crippen LogP contribution is 2.26. The summed E-state index contributed by atoms with van der Waals surface area (Å²) in [6.45, 7) is 2.64. The average Bonchev–Trinajstić information content (AvgIpc) is 2.65. The summed E-state index contributed by atoms with van der Waals surface area (Å²) in [5.41, 5.74) is 0.651. The van der Waals surface area contributed by atoms with Crippen LogP contribution in [0.1, 0.15) is 35.2 Å². The van der Waals surface area contributed by atoms with E-state index in [0.29, 0.717) is 18.7 Å². The first-order valence-corrected chi connectivity index (χ1v) is 10.4. The number of hydrogen-bond donors (Lipinski definition) is 0. The Hall–Kier alpha value is -1.96. The fourth-order valence-electron chi connectivity index (χ4n) is 2.96. The van der Waals surface area contributed by atoms with E-state index in [9.17, 15) is 17.6 Å². The Morgan fingerprint density at radius 3 is 2.48 bits per heavy atom. The Morgan fingerprint density at radius 1 is 1.11 bits per heavy atom. The van der Waals surface area contributed by atoms with Crippen molar-refractivity contribution in [3.05, 3.63) is 58.4 Å². The molecule has 1 fully saturated rings. The molecule has 2 aromatic rings. The first kappa shape index (κ1) is 19.8. The number of ether oxygens (including phenoxy) is 1. The second-order valence-electron chi connectivity index (χ2n) is 6.41.